The summed E-state index contributed by atoms with van der Waals surface area (Å²) < 4.78 is 56.8. The molecule has 0 saturated carbocycles. The van der Waals surface area contributed by atoms with Gasteiger partial charge in [-0.25, -0.2) is 14.2 Å². The lowest BCUT2D eigenvalue weighted by Gasteiger charge is -2.07. The molecule has 3 N–H and O–H groups in total. The van der Waals surface area contributed by atoms with Crippen LogP contribution in [0.4, 0.5) is 28.9 Å². The van der Waals surface area contributed by atoms with Gasteiger partial charge in [0.15, 0.2) is 5.69 Å². The third-order valence-corrected chi connectivity index (χ3v) is 4.03. The molecule has 3 rings (SSSR count). The van der Waals surface area contributed by atoms with Crippen LogP contribution in [-0.2, 0) is 11.0 Å². The van der Waals surface area contributed by atoms with E-state index >= 15 is 0 Å². The maximum Gasteiger partial charge on any atom is 0.419 e. The van der Waals surface area contributed by atoms with Gasteiger partial charge in [0.25, 0.3) is 0 Å². The van der Waals surface area contributed by atoms with Crippen molar-refractivity contribution >= 4 is 29.5 Å². The topological polar surface area (TPSA) is 125 Å². The molecule has 0 fully saturated rings. The number of oxazole rings is 1. The number of aromatic hydroxyl groups is 1. The van der Waals surface area contributed by atoms with E-state index in [9.17, 15) is 37.4 Å². The standard InChI is InChI=1S/C20H13F4N3O5/c1-9(28)26-11-3-5-15(12(7-11)18(29)30)25-8-16-19(31)32-17(27-16)10-2-4-13(14(21)6-10)20(22,23)24/h2-8,31H,1H3,(H,26,28)(H,29,30). The summed E-state index contributed by atoms with van der Waals surface area (Å²) in [6.07, 6.45) is -3.92. The lowest BCUT2D eigenvalue weighted by atomic mass is 10.1. The molecule has 1 amide bonds. The smallest absolute Gasteiger partial charge is 0.419 e. The summed E-state index contributed by atoms with van der Waals surface area (Å²) >= 11 is 0. The van der Waals surface area contributed by atoms with E-state index in [1.165, 1.54) is 25.1 Å². The lowest BCUT2D eigenvalue weighted by molar-refractivity contribution is -0.140. The quantitative estimate of drug-likeness (QED) is 0.384. The fourth-order valence-electron chi connectivity index (χ4n) is 2.64. The number of carboxylic acid groups (broad SMARTS) is 1. The highest BCUT2D eigenvalue weighted by Crippen LogP contribution is 2.34. The van der Waals surface area contributed by atoms with Crippen LogP contribution in [0.3, 0.4) is 0 Å². The van der Waals surface area contributed by atoms with Crippen molar-refractivity contribution in [1.82, 2.24) is 4.98 Å². The van der Waals surface area contributed by atoms with Crippen LogP contribution in [0.2, 0.25) is 0 Å². The molecule has 12 heteroatoms. The Morgan fingerprint density at radius 2 is 1.91 bits per heavy atom. The monoisotopic (exact) mass is 451 g/mol. The van der Waals surface area contributed by atoms with Crippen molar-refractivity contribution in [3.05, 3.63) is 59.0 Å². The van der Waals surface area contributed by atoms with Gasteiger partial charge in [-0.05, 0) is 36.4 Å². The van der Waals surface area contributed by atoms with Crippen molar-refractivity contribution < 1.29 is 41.8 Å². The summed E-state index contributed by atoms with van der Waals surface area (Å²) in [5.74, 6) is -4.44. The molecule has 0 atom stereocenters. The minimum atomic E-state index is -4.88. The van der Waals surface area contributed by atoms with Gasteiger partial charge in [0, 0.05) is 18.2 Å². The molecule has 0 aliphatic heterocycles. The molecule has 32 heavy (non-hydrogen) atoms. The van der Waals surface area contributed by atoms with Gasteiger partial charge in [0.1, 0.15) is 5.82 Å². The number of rotatable bonds is 5. The summed E-state index contributed by atoms with van der Waals surface area (Å²) in [7, 11) is 0. The number of hydrogen-bond acceptors (Lipinski definition) is 6. The SMILES string of the molecule is CC(=O)Nc1ccc(N=Cc2nc(-c3ccc(C(F)(F)F)c(F)c3)oc2O)c(C(=O)O)c1. The van der Waals surface area contributed by atoms with Gasteiger partial charge in [0.2, 0.25) is 11.8 Å². The lowest BCUT2D eigenvalue weighted by Crippen LogP contribution is -2.07. The first-order valence-corrected chi connectivity index (χ1v) is 8.71. The molecule has 0 aliphatic carbocycles. The zero-order chi connectivity index (χ0) is 23.6. The van der Waals surface area contributed by atoms with Crippen molar-refractivity contribution in [2.75, 3.05) is 5.32 Å². The minimum absolute atomic E-state index is 0.0453. The summed E-state index contributed by atoms with van der Waals surface area (Å²) in [6, 6.07) is 5.86. The van der Waals surface area contributed by atoms with Gasteiger partial charge in [-0.1, -0.05) is 0 Å². The van der Waals surface area contributed by atoms with Gasteiger partial charge in [-0.15, -0.1) is 0 Å². The molecule has 0 spiro atoms. The van der Waals surface area contributed by atoms with Gasteiger partial charge in [-0.2, -0.15) is 13.2 Å². The average molecular weight is 451 g/mol. The van der Waals surface area contributed by atoms with Crippen molar-refractivity contribution in [3.8, 4) is 17.4 Å². The number of amides is 1. The molecule has 8 nitrogen and oxygen atoms in total. The number of benzene rings is 2. The predicted octanol–water partition coefficient (Wildman–Crippen LogP) is 4.61. The first-order chi connectivity index (χ1) is 15.0. The third-order valence-electron chi connectivity index (χ3n) is 4.03. The largest absolute Gasteiger partial charge is 0.479 e. The van der Waals surface area contributed by atoms with Crippen molar-refractivity contribution in [3.63, 3.8) is 0 Å². The van der Waals surface area contributed by atoms with Gasteiger partial charge in [0.05, 0.1) is 23.0 Å². The Balaban J connectivity index is 1.91. The number of aliphatic imine (C=N–C) groups is 1. The fourth-order valence-corrected chi connectivity index (χ4v) is 2.64. The second-order valence-electron chi connectivity index (χ2n) is 6.38. The van der Waals surface area contributed by atoms with Crippen molar-refractivity contribution in [2.45, 2.75) is 13.1 Å². The summed E-state index contributed by atoms with van der Waals surface area (Å²) in [4.78, 5) is 30.4. The number of carbonyl (C=O) groups excluding carboxylic acids is 1. The molecular formula is C20H13F4N3O5. The van der Waals surface area contributed by atoms with E-state index in [0.29, 0.717) is 12.1 Å². The molecule has 0 unspecified atom stereocenters. The van der Waals surface area contributed by atoms with Crippen LogP contribution in [0.25, 0.3) is 11.5 Å². The molecule has 3 aromatic rings. The fraction of sp³-hybridized carbons (Fsp3) is 0.100. The second kappa shape index (κ2) is 8.49. The number of nitrogens with one attached hydrogen (secondary N) is 1. The third kappa shape index (κ3) is 4.91. The Bertz CT molecular complexity index is 1230. The highest BCUT2D eigenvalue weighted by atomic mass is 19.4. The van der Waals surface area contributed by atoms with Crippen LogP contribution in [0, 0.1) is 5.82 Å². The van der Waals surface area contributed by atoms with Gasteiger partial charge in [-0.3, -0.25) is 9.79 Å². The Labute approximate surface area is 176 Å². The molecule has 1 heterocycles. The zero-order valence-electron chi connectivity index (χ0n) is 16.1. The van der Waals surface area contributed by atoms with Crippen molar-refractivity contribution in [1.29, 1.82) is 0 Å². The molecular weight excluding hydrogens is 438 g/mol. The first-order valence-electron chi connectivity index (χ1n) is 8.71. The predicted molar refractivity (Wildman–Crippen MR) is 104 cm³/mol. The van der Waals surface area contributed by atoms with E-state index in [1.54, 1.807) is 0 Å². The Morgan fingerprint density at radius 1 is 1.19 bits per heavy atom. The second-order valence-corrected chi connectivity index (χ2v) is 6.38. The Hall–Kier alpha value is -4.22. The van der Waals surface area contributed by atoms with Crippen LogP contribution in [0.5, 0.6) is 5.95 Å². The summed E-state index contributed by atoms with van der Waals surface area (Å²) in [6.45, 7) is 1.25. The highest BCUT2D eigenvalue weighted by molar-refractivity contribution is 5.98. The minimum Gasteiger partial charge on any atom is -0.479 e. The van der Waals surface area contributed by atoms with E-state index in [-0.39, 0.29) is 34.1 Å². The number of aromatic nitrogens is 1. The average Bonchev–Trinajstić information content (AvgIpc) is 3.06. The molecule has 166 valence electrons. The number of hydrogen-bond donors (Lipinski definition) is 3. The van der Waals surface area contributed by atoms with Crippen LogP contribution in [-0.4, -0.2) is 33.3 Å². The molecule has 0 saturated heterocycles. The Kier molecular flexibility index (Phi) is 5.96. The number of halogens is 4. The first kappa shape index (κ1) is 22.5. The number of nitrogens with zero attached hydrogens (tertiary/aromatic N) is 2. The van der Waals surface area contributed by atoms with E-state index in [4.69, 9.17) is 4.42 Å². The van der Waals surface area contributed by atoms with Crippen LogP contribution < -0.4 is 5.32 Å². The van der Waals surface area contributed by atoms with Crippen molar-refractivity contribution in [2.24, 2.45) is 4.99 Å². The number of anilines is 1. The van der Waals surface area contributed by atoms with E-state index in [0.717, 1.165) is 12.3 Å². The maximum absolute atomic E-state index is 13.8. The van der Waals surface area contributed by atoms with E-state index in [2.05, 4.69) is 15.3 Å². The summed E-state index contributed by atoms with van der Waals surface area (Å²) in [5.41, 5.74) is -2.00. The number of carboxylic acids is 1. The number of carbonyl (C=O) groups is 2. The van der Waals surface area contributed by atoms with Crippen LogP contribution >= 0.6 is 0 Å². The molecule has 0 bridgehead atoms. The highest BCUT2D eigenvalue weighted by Gasteiger charge is 2.34. The van der Waals surface area contributed by atoms with E-state index < -0.39 is 35.4 Å². The van der Waals surface area contributed by atoms with Gasteiger partial charge >= 0.3 is 18.1 Å². The molecule has 1 aromatic heterocycles. The molecule has 0 aliphatic rings. The van der Waals surface area contributed by atoms with Gasteiger partial charge < -0.3 is 19.9 Å². The molecule has 2 aromatic carbocycles. The normalized spacial score (nSPS) is 11.7. The van der Waals surface area contributed by atoms with Crippen LogP contribution in [0.1, 0.15) is 28.5 Å². The number of aromatic carboxylic acids is 1. The zero-order valence-corrected chi connectivity index (χ0v) is 16.1. The summed E-state index contributed by atoms with van der Waals surface area (Å²) in [5, 5.41) is 21.7. The van der Waals surface area contributed by atoms with Crippen LogP contribution in [0.15, 0.2) is 45.8 Å². The molecule has 0 radical (unpaired) electrons. The maximum atomic E-state index is 13.8. The van der Waals surface area contributed by atoms with E-state index in [1.807, 2.05) is 0 Å². The Morgan fingerprint density at radius 3 is 2.50 bits per heavy atom. The number of alkyl halides is 3.